The van der Waals surface area contributed by atoms with Crippen LogP contribution >= 0.6 is 11.8 Å². The molecule has 0 spiro atoms. The Morgan fingerprint density at radius 1 is 1.23 bits per heavy atom. The molecule has 0 unspecified atom stereocenters. The van der Waals surface area contributed by atoms with Crippen molar-refractivity contribution in [2.75, 3.05) is 5.32 Å². The number of hydrogen-bond donors (Lipinski definition) is 1. The number of para-hydroxylation sites is 1. The molecule has 4 rings (SSSR count). The van der Waals surface area contributed by atoms with Crippen molar-refractivity contribution in [1.29, 1.82) is 0 Å². The van der Waals surface area contributed by atoms with Gasteiger partial charge in [0, 0.05) is 17.0 Å². The number of amides is 1. The van der Waals surface area contributed by atoms with Crippen molar-refractivity contribution in [3.63, 3.8) is 0 Å². The topological polar surface area (TPSA) is 67.8 Å². The second kappa shape index (κ2) is 6.05. The normalized spacial score (nSPS) is 26.4. The number of anilines is 1. The van der Waals surface area contributed by atoms with E-state index in [1.165, 1.54) is 11.8 Å². The summed E-state index contributed by atoms with van der Waals surface area (Å²) in [5, 5.41) is 12.1. The van der Waals surface area contributed by atoms with Crippen LogP contribution < -0.4 is 5.32 Å². The van der Waals surface area contributed by atoms with Crippen molar-refractivity contribution in [3.05, 3.63) is 41.7 Å². The van der Waals surface area contributed by atoms with Crippen LogP contribution in [0.25, 0.3) is 0 Å². The Morgan fingerprint density at radius 2 is 1.96 bits per heavy atom. The molecule has 5 nitrogen and oxygen atoms in total. The average Bonchev–Trinajstić information content (AvgIpc) is 2.94. The highest BCUT2D eigenvalue weighted by Crippen LogP contribution is 2.66. The van der Waals surface area contributed by atoms with Gasteiger partial charge < -0.3 is 5.32 Å². The number of rotatable bonds is 4. The number of hydrogen-bond acceptors (Lipinski definition) is 5. The van der Waals surface area contributed by atoms with Gasteiger partial charge >= 0.3 is 0 Å². The molecule has 1 aromatic carbocycles. The molecule has 2 aromatic rings. The molecular formula is C20H24N4OS. The number of fused-ring (bicyclic) bond motifs is 5. The summed E-state index contributed by atoms with van der Waals surface area (Å²) in [5.74, 6) is 0.380. The van der Waals surface area contributed by atoms with Crippen LogP contribution in [-0.4, -0.2) is 26.3 Å². The smallest absolute Gasteiger partial charge is 0.237 e. The zero-order chi connectivity index (χ0) is 18.5. The minimum Gasteiger partial charge on any atom is -0.325 e. The van der Waals surface area contributed by atoms with Crippen LogP contribution in [0.1, 0.15) is 57.8 Å². The number of thioether (sulfide) groups is 1. The molecule has 1 saturated carbocycles. The zero-order valence-electron chi connectivity index (χ0n) is 15.6. The Kier molecular flexibility index (Phi) is 4.06. The summed E-state index contributed by atoms with van der Waals surface area (Å²) < 4.78 is 0. The lowest BCUT2D eigenvalue weighted by atomic mass is 9.70. The van der Waals surface area contributed by atoms with Gasteiger partial charge in [-0.3, -0.25) is 4.79 Å². The molecule has 1 aromatic heterocycles. The van der Waals surface area contributed by atoms with Gasteiger partial charge in [-0.1, -0.05) is 50.7 Å². The van der Waals surface area contributed by atoms with E-state index in [0.29, 0.717) is 11.1 Å². The largest absolute Gasteiger partial charge is 0.325 e. The highest BCUT2D eigenvalue weighted by molar-refractivity contribution is 8.00. The fraction of sp³-hybridized carbons (Fsp3) is 0.500. The summed E-state index contributed by atoms with van der Waals surface area (Å²) >= 11 is 1.37. The molecule has 0 radical (unpaired) electrons. The maximum absolute atomic E-state index is 12.4. The molecule has 2 bridgehead atoms. The van der Waals surface area contributed by atoms with E-state index in [1.807, 2.05) is 37.3 Å². The Labute approximate surface area is 158 Å². The molecule has 0 aliphatic heterocycles. The molecule has 0 saturated heterocycles. The maximum atomic E-state index is 12.4. The third-order valence-corrected chi connectivity index (χ3v) is 7.42. The van der Waals surface area contributed by atoms with Crippen LogP contribution in [-0.2, 0) is 10.2 Å². The number of nitrogens with one attached hydrogen (secondary N) is 1. The van der Waals surface area contributed by atoms with Crippen LogP contribution in [0.3, 0.4) is 0 Å². The highest BCUT2D eigenvalue weighted by atomic mass is 32.2. The van der Waals surface area contributed by atoms with Crippen LogP contribution in [0.4, 0.5) is 5.69 Å². The first-order chi connectivity index (χ1) is 12.3. The van der Waals surface area contributed by atoms with Gasteiger partial charge in [-0.15, -0.1) is 5.10 Å². The summed E-state index contributed by atoms with van der Waals surface area (Å²) in [6.45, 7) is 8.79. The van der Waals surface area contributed by atoms with Gasteiger partial charge in [0.2, 0.25) is 11.1 Å². The number of carbonyl (C=O) groups is 1. The first-order valence-corrected chi connectivity index (χ1v) is 9.98. The fourth-order valence-corrected chi connectivity index (χ4v) is 5.11. The second-order valence-electron chi connectivity index (χ2n) is 8.09. The predicted octanol–water partition coefficient (Wildman–Crippen LogP) is 4.17. The van der Waals surface area contributed by atoms with Crippen LogP contribution in [0.5, 0.6) is 0 Å². The van der Waals surface area contributed by atoms with Gasteiger partial charge in [-0.25, -0.2) is 4.98 Å². The van der Waals surface area contributed by atoms with Crippen molar-refractivity contribution in [2.45, 2.75) is 62.3 Å². The molecule has 136 valence electrons. The van der Waals surface area contributed by atoms with Gasteiger partial charge in [0.25, 0.3) is 0 Å². The summed E-state index contributed by atoms with van der Waals surface area (Å²) in [5.41, 5.74) is 3.18. The molecule has 1 heterocycles. The molecule has 2 aliphatic rings. The summed E-state index contributed by atoms with van der Waals surface area (Å²) in [4.78, 5) is 17.2. The molecule has 1 fully saturated rings. The monoisotopic (exact) mass is 368 g/mol. The van der Waals surface area contributed by atoms with Gasteiger partial charge in [-0.05, 0) is 37.3 Å². The second-order valence-corrected chi connectivity index (χ2v) is 9.40. The van der Waals surface area contributed by atoms with Crippen molar-refractivity contribution < 1.29 is 4.79 Å². The van der Waals surface area contributed by atoms with Crippen molar-refractivity contribution in [3.8, 4) is 0 Å². The molecule has 1 amide bonds. The van der Waals surface area contributed by atoms with E-state index in [-0.39, 0.29) is 22.0 Å². The summed E-state index contributed by atoms with van der Waals surface area (Å²) in [7, 11) is 0. The van der Waals surface area contributed by atoms with Gasteiger partial charge in [0.1, 0.15) is 0 Å². The highest BCUT2D eigenvalue weighted by Gasteiger charge is 2.61. The van der Waals surface area contributed by atoms with Crippen LogP contribution in [0.2, 0.25) is 0 Å². The van der Waals surface area contributed by atoms with Crippen molar-refractivity contribution >= 4 is 23.4 Å². The summed E-state index contributed by atoms with van der Waals surface area (Å²) in [6, 6.07) is 9.48. The van der Waals surface area contributed by atoms with E-state index in [0.717, 1.165) is 29.9 Å². The van der Waals surface area contributed by atoms with E-state index in [9.17, 15) is 4.79 Å². The van der Waals surface area contributed by atoms with Gasteiger partial charge in [0.05, 0.1) is 16.6 Å². The van der Waals surface area contributed by atoms with Crippen LogP contribution in [0.15, 0.2) is 35.5 Å². The molecule has 3 atom stereocenters. The number of carbonyl (C=O) groups excluding carboxylic acids is 1. The average molecular weight is 369 g/mol. The standard InChI is InChI=1S/C20H24N4OS/c1-12(17(25)21-13-8-6-5-7-9-13)26-18-22-15-14-10-11-20(4,19(14,2)3)16(15)23-24-18/h5-9,12,14H,10-11H2,1-4H3,(H,21,25)/t12-,14-,20-/m1/s1. The van der Waals surface area contributed by atoms with E-state index >= 15 is 0 Å². The van der Waals surface area contributed by atoms with Crippen molar-refractivity contribution in [1.82, 2.24) is 15.2 Å². The quantitative estimate of drug-likeness (QED) is 0.821. The Hall–Kier alpha value is -1.95. The Bertz CT molecular complexity index is 854. The Balaban J connectivity index is 1.51. The number of benzene rings is 1. The number of nitrogens with zero attached hydrogens (tertiary/aromatic N) is 3. The van der Waals surface area contributed by atoms with E-state index in [2.05, 4.69) is 36.3 Å². The third-order valence-electron chi connectivity index (χ3n) is 6.47. The van der Waals surface area contributed by atoms with E-state index in [4.69, 9.17) is 4.98 Å². The first kappa shape index (κ1) is 17.5. The SMILES string of the molecule is C[C@@H](Sc1nnc2c(n1)[C@H]1CC[C@@]2(C)C1(C)C)C(=O)Nc1ccccc1. The van der Waals surface area contributed by atoms with Crippen LogP contribution in [0, 0.1) is 5.41 Å². The fourth-order valence-electron chi connectivity index (χ4n) is 4.39. The minimum atomic E-state index is -0.294. The minimum absolute atomic E-state index is 0.0564. The molecule has 1 N–H and O–H groups in total. The molecule has 26 heavy (non-hydrogen) atoms. The van der Waals surface area contributed by atoms with Gasteiger partial charge in [0.15, 0.2) is 0 Å². The maximum Gasteiger partial charge on any atom is 0.237 e. The lowest BCUT2D eigenvalue weighted by molar-refractivity contribution is -0.115. The molecular weight excluding hydrogens is 344 g/mol. The zero-order valence-corrected chi connectivity index (χ0v) is 16.4. The lowest BCUT2D eigenvalue weighted by Crippen LogP contribution is -2.32. The third kappa shape index (κ3) is 2.54. The van der Waals surface area contributed by atoms with E-state index < -0.39 is 0 Å². The molecule has 6 heteroatoms. The molecule has 2 aliphatic carbocycles. The van der Waals surface area contributed by atoms with E-state index in [1.54, 1.807) is 0 Å². The van der Waals surface area contributed by atoms with Crippen molar-refractivity contribution in [2.24, 2.45) is 5.41 Å². The van der Waals surface area contributed by atoms with Gasteiger partial charge in [-0.2, -0.15) is 5.10 Å². The summed E-state index contributed by atoms with van der Waals surface area (Å²) in [6.07, 6.45) is 2.31. The Morgan fingerprint density at radius 3 is 2.69 bits per heavy atom. The first-order valence-electron chi connectivity index (χ1n) is 9.10. The number of aromatic nitrogens is 3. The lowest BCUT2D eigenvalue weighted by Gasteiger charge is -2.33. The predicted molar refractivity (Wildman–Crippen MR) is 103 cm³/mol.